The topological polar surface area (TPSA) is 56.0 Å². The molecule has 1 fully saturated rings. The molecule has 6 nitrogen and oxygen atoms in total. The summed E-state index contributed by atoms with van der Waals surface area (Å²) in [6.07, 6.45) is 7.82. The second kappa shape index (κ2) is 4.87. The van der Waals surface area contributed by atoms with Crippen molar-refractivity contribution in [2.24, 2.45) is 7.05 Å². The highest BCUT2D eigenvalue weighted by Gasteiger charge is 2.25. The van der Waals surface area contributed by atoms with Crippen molar-refractivity contribution >= 4 is 5.91 Å². The number of rotatable bonds is 2. The van der Waals surface area contributed by atoms with Crippen molar-refractivity contribution in [3.63, 3.8) is 0 Å². The molecule has 0 N–H and O–H groups in total. The van der Waals surface area contributed by atoms with Gasteiger partial charge >= 0.3 is 0 Å². The minimum absolute atomic E-state index is 0.0148. The van der Waals surface area contributed by atoms with Crippen molar-refractivity contribution in [1.29, 1.82) is 0 Å². The standard InChI is InChI=1S/C13H17N5O/c1-16-10-12(14-15-16)13(19)18-8-4-11(5-9-18)17-6-2-3-7-17/h2-3,6-7,10-11H,4-5,8-9H2,1H3. The summed E-state index contributed by atoms with van der Waals surface area (Å²) in [5.74, 6) is -0.0148. The predicted octanol–water partition coefficient (Wildman–Crippen LogP) is 1.09. The summed E-state index contributed by atoms with van der Waals surface area (Å²) in [6, 6.07) is 4.58. The lowest BCUT2D eigenvalue weighted by Crippen LogP contribution is -2.39. The smallest absolute Gasteiger partial charge is 0.276 e. The first kappa shape index (κ1) is 12.0. The van der Waals surface area contributed by atoms with E-state index in [1.165, 1.54) is 0 Å². The molecule has 0 aliphatic carbocycles. The molecule has 1 aliphatic rings. The van der Waals surface area contributed by atoms with Gasteiger partial charge in [-0.15, -0.1) is 5.10 Å². The molecule has 19 heavy (non-hydrogen) atoms. The molecule has 0 radical (unpaired) electrons. The number of piperidine rings is 1. The third-order valence-corrected chi connectivity index (χ3v) is 3.62. The van der Waals surface area contributed by atoms with Crippen molar-refractivity contribution in [3.05, 3.63) is 36.4 Å². The zero-order valence-corrected chi connectivity index (χ0v) is 10.9. The number of carbonyl (C=O) groups excluding carboxylic acids is 1. The van der Waals surface area contributed by atoms with Gasteiger partial charge in [-0.3, -0.25) is 9.48 Å². The monoisotopic (exact) mass is 259 g/mol. The fourth-order valence-electron chi connectivity index (χ4n) is 2.57. The predicted molar refractivity (Wildman–Crippen MR) is 69.6 cm³/mol. The quantitative estimate of drug-likeness (QED) is 0.811. The van der Waals surface area contributed by atoms with Crippen molar-refractivity contribution in [2.45, 2.75) is 18.9 Å². The van der Waals surface area contributed by atoms with Crippen LogP contribution in [0.2, 0.25) is 0 Å². The van der Waals surface area contributed by atoms with E-state index in [0.29, 0.717) is 11.7 Å². The Morgan fingerprint density at radius 2 is 1.95 bits per heavy atom. The molecule has 0 bridgehead atoms. The summed E-state index contributed by atoms with van der Waals surface area (Å²) in [5, 5.41) is 7.68. The molecule has 0 saturated carbocycles. The highest BCUT2D eigenvalue weighted by Crippen LogP contribution is 2.23. The van der Waals surface area contributed by atoms with Crippen molar-refractivity contribution < 1.29 is 4.79 Å². The molecular formula is C13H17N5O. The van der Waals surface area contributed by atoms with Crippen molar-refractivity contribution in [2.75, 3.05) is 13.1 Å². The highest BCUT2D eigenvalue weighted by atomic mass is 16.2. The second-order valence-electron chi connectivity index (χ2n) is 4.93. The summed E-state index contributed by atoms with van der Waals surface area (Å²) in [7, 11) is 1.77. The van der Waals surface area contributed by atoms with E-state index in [4.69, 9.17) is 0 Å². The Labute approximate surface area is 111 Å². The fourth-order valence-corrected chi connectivity index (χ4v) is 2.57. The lowest BCUT2D eigenvalue weighted by Gasteiger charge is -2.32. The minimum Gasteiger partial charge on any atom is -0.351 e. The average Bonchev–Trinajstić information content (AvgIpc) is 3.09. The molecule has 0 unspecified atom stereocenters. The normalized spacial score (nSPS) is 16.8. The van der Waals surface area contributed by atoms with Crippen molar-refractivity contribution in [3.8, 4) is 0 Å². The van der Waals surface area contributed by atoms with Gasteiger partial charge in [0.25, 0.3) is 5.91 Å². The number of hydrogen-bond acceptors (Lipinski definition) is 3. The van der Waals surface area contributed by atoms with Crippen LogP contribution in [0.25, 0.3) is 0 Å². The van der Waals surface area contributed by atoms with Crippen LogP contribution in [0.15, 0.2) is 30.7 Å². The van der Waals surface area contributed by atoms with E-state index in [0.717, 1.165) is 25.9 Å². The van der Waals surface area contributed by atoms with E-state index in [-0.39, 0.29) is 5.91 Å². The van der Waals surface area contributed by atoms with Gasteiger partial charge in [0, 0.05) is 38.6 Å². The van der Waals surface area contributed by atoms with Crippen LogP contribution in [0.3, 0.4) is 0 Å². The lowest BCUT2D eigenvalue weighted by atomic mass is 10.0. The Balaban J connectivity index is 1.62. The zero-order chi connectivity index (χ0) is 13.2. The van der Waals surface area contributed by atoms with Gasteiger partial charge in [-0.2, -0.15) is 0 Å². The van der Waals surface area contributed by atoms with Gasteiger partial charge in [0.05, 0.1) is 6.20 Å². The van der Waals surface area contributed by atoms with Crippen LogP contribution >= 0.6 is 0 Å². The number of amides is 1. The zero-order valence-electron chi connectivity index (χ0n) is 10.9. The van der Waals surface area contributed by atoms with Gasteiger partial charge in [0.15, 0.2) is 5.69 Å². The Morgan fingerprint density at radius 1 is 1.26 bits per heavy atom. The Hall–Kier alpha value is -2.11. The van der Waals surface area contributed by atoms with Crippen LogP contribution in [-0.4, -0.2) is 43.5 Å². The Morgan fingerprint density at radius 3 is 2.53 bits per heavy atom. The van der Waals surface area contributed by atoms with Gasteiger partial charge in [-0.25, -0.2) is 0 Å². The lowest BCUT2D eigenvalue weighted by molar-refractivity contribution is 0.0688. The van der Waals surface area contributed by atoms with Crippen LogP contribution < -0.4 is 0 Å². The molecule has 1 saturated heterocycles. The van der Waals surface area contributed by atoms with Crippen LogP contribution in [0.5, 0.6) is 0 Å². The maximum absolute atomic E-state index is 12.2. The number of carbonyl (C=O) groups is 1. The number of likely N-dealkylation sites (tertiary alicyclic amines) is 1. The van der Waals surface area contributed by atoms with Crippen LogP contribution in [-0.2, 0) is 7.05 Å². The summed E-state index contributed by atoms with van der Waals surface area (Å²) in [5.41, 5.74) is 0.432. The maximum Gasteiger partial charge on any atom is 0.276 e. The number of aryl methyl sites for hydroxylation is 1. The van der Waals surface area contributed by atoms with E-state index >= 15 is 0 Å². The first-order valence-electron chi connectivity index (χ1n) is 6.52. The molecule has 2 aromatic rings. The molecule has 0 aromatic carbocycles. The Kier molecular flexibility index (Phi) is 3.06. The molecule has 100 valence electrons. The van der Waals surface area contributed by atoms with Gasteiger partial charge in [0.2, 0.25) is 0 Å². The average molecular weight is 259 g/mol. The maximum atomic E-state index is 12.2. The van der Waals surface area contributed by atoms with E-state index < -0.39 is 0 Å². The van der Waals surface area contributed by atoms with Crippen LogP contribution in [0.1, 0.15) is 29.4 Å². The SMILES string of the molecule is Cn1cc(C(=O)N2CCC(n3cccc3)CC2)nn1. The first-order valence-corrected chi connectivity index (χ1v) is 6.52. The fraction of sp³-hybridized carbons (Fsp3) is 0.462. The van der Waals surface area contributed by atoms with Gasteiger partial charge in [-0.05, 0) is 25.0 Å². The highest BCUT2D eigenvalue weighted by molar-refractivity contribution is 5.91. The second-order valence-corrected chi connectivity index (χ2v) is 4.93. The van der Waals surface area contributed by atoms with Crippen LogP contribution in [0.4, 0.5) is 0 Å². The molecule has 3 heterocycles. The first-order chi connectivity index (χ1) is 9.24. The largest absolute Gasteiger partial charge is 0.351 e. The van der Waals surface area contributed by atoms with E-state index in [9.17, 15) is 4.79 Å². The van der Waals surface area contributed by atoms with E-state index in [2.05, 4.69) is 27.3 Å². The van der Waals surface area contributed by atoms with E-state index in [1.54, 1.807) is 17.9 Å². The third kappa shape index (κ3) is 2.38. The van der Waals surface area contributed by atoms with Gasteiger partial charge < -0.3 is 9.47 Å². The molecule has 3 rings (SSSR count). The van der Waals surface area contributed by atoms with Crippen LogP contribution in [0, 0.1) is 0 Å². The summed E-state index contributed by atoms with van der Waals surface area (Å²) in [6.45, 7) is 1.55. The summed E-state index contributed by atoms with van der Waals surface area (Å²) >= 11 is 0. The minimum atomic E-state index is -0.0148. The summed E-state index contributed by atoms with van der Waals surface area (Å²) < 4.78 is 3.78. The molecule has 0 atom stereocenters. The van der Waals surface area contributed by atoms with Crippen molar-refractivity contribution in [1.82, 2.24) is 24.5 Å². The molecule has 1 amide bonds. The third-order valence-electron chi connectivity index (χ3n) is 3.62. The molecule has 0 spiro atoms. The number of aromatic nitrogens is 4. The molecule has 2 aromatic heterocycles. The summed E-state index contributed by atoms with van der Waals surface area (Å²) in [4.78, 5) is 14.1. The molecular weight excluding hydrogens is 242 g/mol. The van der Waals surface area contributed by atoms with Gasteiger partial charge in [0.1, 0.15) is 0 Å². The van der Waals surface area contributed by atoms with E-state index in [1.807, 2.05) is 17.0 Å². The number of hydrogen-bond donors (Lipinski definition) is 0. The molecule has 1 aliphatic heterocycles. The number of nitrogens with zero attached hydrogens (tertiary/aromatic N) is 5. The van der Waals surface area contributed by atoms with Gasteiger partial charge in [-0.1, -0.05) is 5.21 Å². The Bertz CT molecular complexity index is 551. The molecule has 6 heteroatoms.